The van der Waals surface area contributed by atoms with E-state index < -0.39 is 0 Å². The Morgan fingerprint density at radius 1 is 1.12 bits per heavy atom. The van der Waals surface area contributed by atoms with Crippen molar-refractivity contribution in [3.63, 3.8) is 0 Å². The molecule has 0 aliphatic carbocycles. The molecular weight excluding hydrogens is 324 g/mol. The summed E-state index contributed by atoms with van der Waals surface area (Å²) in [4.78, 5) is 14.2. The van der Waals surface area contributed by atoms with Gasteiger partial charge in [-0.05, 0) is 51.5 Å². The van der Waals surface area contributed by atoms with Gasteiger partial charge in [0.25, 0.3) is 5.91 Å². The molecule has 0 bridgehead atoms. The molecule has 0 saturated heterocycles. The number of nitrogens with one attached hydrogen (secondary N) is 1. The molecule has 4 nitrogen and oxygen atoms in total. The number of carbonyl (C=O) groups excluding carboxylic acids is 1. The average molecular weight is 349 g/mol. The zero-order valence-corrected chi connectivity index (χ0v) is 15.4. The van der Waals surface area contributed by atoms with Gasteiger partial charge in [-0.25, -0.2) is 0 Å². The number of nitrogens with zero attached hydrogens (tertiary/aromatic N) is 1. The molecule has 0 aliphatic heterocycles. The molecule has 0 unspecified atom stereocenters. The second-order valence-electron chi connectivity index (χ2n) is 6.48. The Morgan fingerprint density at radius 2 is 1.83 bits per heavy atom. The van der Waals surface area contributed by atoms with Gasteiger partial charge in [0.1, 0.15) is 5.76 Å². The largest absolute Gasteiger partial charge is 0.455 e. The van der Waals surface area contributed by atoms with Gasteiger partial charge in [-0.2, -0.15) is 0 Å². The Morgan fingerprint density at radius 3 is 2.46 bits per heavy atom. The van der Waals surface area contributed by atoms with Crippen LogP contribution in [-0.4, -0.2) is 22.9 Å². The number of carbonyl (C=O) groups is 1. The van der Waals surface area contributed by atoms with Gasteiger partial charge in [-0.3, -0.25) is 9.69 Å². The van der Waals surface area contributed by atoms with E-state index in [0.717, 1.165) is 22.9 Å². The van der Waals surface area contributed by atoms with Crippen LogP contribution in [0.3, 0.4) is 0 Å². The van der Waals surface area contributed by atoms with Crippen LogP contribution in [0.25, 0.3) is 0 Å². The molecule has 0 atom stereocenters. The minimum atomic E-state index is -0.182. The molecule has 2 rings (SSSR count). The second kappa shape index (κ2) is 8.36. The molecule has 0 spiro atoms. The van der Waals surface area contributed by atoms with Crippen LogP contribution in [0, 0.1) is 0 Å². The lowest BCUT2D eigenvalue weighted by Gasteiger charge is -2.26. The second-order valence-corrected chi connectivity index (χ2v) is 6.89. The van der Waals surface area contributed by atoms with Gasteiger partial charge >= 0.3 is 0 Å². The van der Waals surface area contributed by atoms with Crippen molar-refractivity contribution in [2.75, 3.05) is 0 Å². The van der Waals surface area contributed by atoms with Crippen molar-refractivity contribution < 1.29 is 9.21 Å². The maximum absolute atomic E-state index is 12.0. The normalized spacial score (nSPS) is 11.5. The molecular formula is C19H25ClN2O2. The first-order valence-electron chi connectivity index (χ1n) is 8.24. The first-order valence-corrected chi connectivity index (χ1v) is 8.61. The highest BCUT2D eigenvalue weighted by Gasteiger charge is 2.17. The van der Waals surface area contributed by atoms with Crippen molar-refractivity contribution in [3.8, 4) is 0 Å². The maximum Gasteiger partial charge on any atom is 0.287 e. The Balaban J connectivity index is 2.07. The number of furan rings is 1. The minimum Gasteiger partial charge on any atom is -0.455 e. The highest BCUT2D eigenvalue weighted by Crippen LogP contribution is 2.20. The van der Waals surface area contributed by atoms with E-state index >= 15 is 0 Å². The van der Waals surface area contributed by atoms with E-state index in [1.807, 2.05) is 44.2 Å². The van der Waals surface area contributed by atoms with Crippen molar-refractivity contribution in [1.29, 1.82) is 0 Å². The first-order chi connectivity index (χ1) is 11.4. The summed E-state index contributed by atoms with van der Waals surface area (Å²) in [7, 11) is 0. The van der Waals surface area contributed by atoms with Crippen LogP contribution >= 0.6 is 11.6 Å². The summed E-state index contributed by atoms with van der Waals surface area (Å²) in [6.45, 7) is 9.46. The molecule has 1 heterocycles. The quantitative estimate of drug-likeness (QED) is 0.802. The highest BCUT2D eigenvalue weighted by atomic mass is 35.5. The molecule has 1 aromatic carbocycles. The van der Waals surface area contributed by atoms with Crippen LogP contribution in [0.15, 0.2) is 40.8 Å². The fourth-order valence-electron chi connectivity index (χ4n) is 2.38. The molecule has 1 amide bonds. The van der Waals surface area contributed by atoms with E-state index in [1.165, 1.54) is 0 Å². The van der Waals surface area contributed by atoms with Gasteiger partial charge in [0, 0.05) is 23.7 Å². The lowest BCUT2D eigenvalue weighted by Crippen LogP contribution is -2.30. The van der Waals surface area contributed by atoms with Crippen LogP contribution in [-0.2, 0) is 13.1 Å². The van der Waals surface area contributed by atoms with Crippen molar-refractivity contribution in [1.82, 2.24) is 10.2 Å². The maximum atomic E-state index is 12.0. The SMILES string of the molecule is CC(C)NC(=O)c1ccc(CN(Cc2ccccc2Cl)C(C)C)o1. The van der Waals surface area contributed by atoms with Crippen LogP contribution in [0.4, 0.5) is 0 Å². The number of rotatable bonds is 7. The van der Waals surface area contributed by atoms with Gasteiger partial charge in [-0.1, -0.05) is 29.8 Å². The molecule has 2 aromatic rings. The molecule has 24 heavy (non-hydrogen) atoms. The third kappa shape index (κ3) is 5.11. The van der Waals surface area contributed by atoms with Gasteiger partial charge in [0.05, 0.1) is 6.54 Å². The molecule has 0 aliphatic rings. The molecule has 1 N–H and O–H groups in total. The summed E-state index contributed by atoms with van der Waals surface area (Å²) in [5.74, 6) is 0.934. The summed E-state index contributed by atoms with van der Waals surface area (Å²) in [5.41, 5.74) is 1.08. The van der Waals surface area contributed by atoms with E-state index in [1.54, 1.807) is 6.07 Å². The monoisotopic (exact) mass is 348 g/mol. The third-order valence-corrected chi connectivity index (χ3v) is 4.09. The van der Waals surface area contributed by atoms with Gasteiger partial charge < -0.3 is 9.73 Å². The Labute approximate surface area is 148 Å². The average Bonchev–Trinajstić information content (AvgIpc) is 2.96. The van der Waals surface area contributed by atoms with Crippen molar-refractivity contribution in [2.24, 2.45) is 0 Å². The Bertz CT molecular complexity index is 680. The minimum absolute atomic E-state index is 0.0819. The molecule has 0 fully saturated rings. The predicted octanol–water partition coefficient (Wildman–Crippen LogP) is 4.48. The van der Waals surface area contributed by atoms with Crippen molar-refractivity contribution in [2.45, 2.75) is 52.9 Å². The predicted molar refractivity (Wildman–Crippen MR) is 97.1 cm³/mol. The Kier molecular flexibility index (Phi) is 6.46. The molecule has 0 radical (unpaired) electrons. The van der Waals surface area contributed by atoms with Crippen LogP contribution < -0.4 is 5.32 Å². The number of halogens is 1. The highest BCUT2D eigenvalue weighted by molar-refractivity contribution is 6.31. The smallest absolute Gasteiger partial charge is 0.287 e. The molecule has 0 saturated carbocycles. The van der Waals surface area contributed by atoms with E-state index in [4.69, 9.17) is 16.0 Å². The van der Waals surface area contributed by atoms with E-state index in [9.17, 15) is 4.79 Å². The lowest BCUT2D eigenvalue weighted by atomic mass is 10.2. The zero-order valence-electron chi connectivity index (χ0n) is 14.7. The first kappa shape index (κ1) is 18.6. The zero-order chi connectivity index (χ0) is 17.7. The fourth-order valence-corrected chi connectivity index (χ4v) is 2.58. The van der Waals surface area contributed by atoms with Crippen molar-refractivity contribution in [3.05, 3.63) is 58.5 Å². The molecule has 130 valence electrons. The molecule has 1 aromatic heterocycles. The van der Waals surface area contributed by atoms with Crippen LogP contribution in [0.1, 0.15) is 49.6 Å². The summed E-state index contributed by atoms with van der Waals surface area (Å²) in [6.07, 6.45) is 0. The summed E-state index contributed by atoms with van der Waals surface area (Å²) in [5, 5.41) is 3.60. The van der Waals surface area contributed by atoms with Crippen molar-refractivity contribution >= 4 is 17.5 Å². The summed E-state index contributed by atoms with van der Waals surface area (Å²) < 4.78 is 5.71. The number of hydrogen-bond acceptors (Lipinski definition) is 3. The van der Waals surface area contributed by atoms with Crippen LogP contribution in [0.2, 0.25) is 5.02 Å². The van der Waals surface area contributed by atoms with Crippen LogP contribution in [0.5, 0.6) is 0 Å². The van der Waals surface area contributed by atoms with E-state index in [-0.39, 0.29) is 11.9 Å². The number of hydrogen-bond donors (Lipinski definition) is 1. The third-order valence-electron chi connectivity index (χ3n) is 3.73. The Hall–Kier alpha value is -1.78. The summed E-state index contributed by atoms with van der Waals surface area (Å²) in [6, 6.07) is 11.8. The topological polar surface area (TPSA) is 45.5 Å². The van der Waals surface area contributed by atoms with Gasteiger partial charge in [0.2, 0.25) is 0 Å². The lowest BCUT2D eigenvalue weighted by molar-refractivity contribution is 0.0909. The molecule has 5 heteroatoms. The number of benzene rings is 1. The summed E-state index contributed by atoms with van der Waals surface area (Å²) >= 11 is 6.27. The number of amides is 1. The standard InChI is InChI=1S/C19H25ClN2O2/c1-13(2)21-19(23)18-10-9-16(24-18)12-22(14(3)4)11-15-7-5-6-8-17(15)20/h5-10,13-14H,11-12H2,1-4H3,(H,21,23). The van der Waals surface area contributed by atoms with E-state index in [2.05, 4.69) is 24.1 Å². The fraction of sp³-hybridized carbons (Fsp3) is 0.421. The van der Waals surface area contributed by atoms with Gasteiger partial charge in [-0.15, -0.1) is 0 Å². The van der Waals surface area contributed by atoms with Gasteiger partial charge in [0.15, 0.2) is 5.76 Å². The van der Waals surface area contributed by atoms with E-state index in [0.29, 0.717) is 18.3 Å².